The molecule has 8 heteroatoms. The van der Waals surface area contributed by atoms with Crippen LogP contribution in [0, 0.1) is 0 Å². The van der Waals surface area contributed by atoms with Crippen molar-refractivity contribution in [2.24, 2.45) is 0 Å². The van der Waals surface area contributed by atoms with Crippen molar-refractivity contribution in [1.82, 2.24) is 4.90 Å². The molecule has 1 amide bonds. The predicted molar refractivity (Wildman–Crippen MR) is 119 cm³/mol. The van der Waals surface area contributed by atoms with Gasteiger partial charge in [0.1, 0.15) is 11.5 Å². The van der Waals surface area contributed by atoms with Crippen LogP contribution in [0.5, 0.6) is 5.75 Å². The van der Waals surface area contributed by atoms with E-state index >= 15 is 0 Å². The monoisotopic (exact) mass is 451 g/mol. The number of Topliss-reactive ketones (excluding diaryl/α,β-unsaturated/α-hetero) is 1. The third-order valence-corrected chi connectivity index (χ3v) is 5.98. The number of ketones is 1. The Morgan fingerprint density at radius 3 is 2.30 bits per heavy atom. The summed E-state index contributed by atoms with van der Waals surface area (Å²) >= 11 is 0. The minimum Gasteiger partial charge on any atom is -0.507 e. The average Bonchev–Trinajstić information content (AvgIpc) is 3.45. The van der Waals surface area contributed by atoms with Crippen LogP contribution in [0.4, 0.5) is 0 Å². The van der Waals surface area contributed by atoms with E-state index in [-0.39, 0.29) is 24.0 Å². The Morgan fingerprint density at radius 2 is 1.73 bits per heavy atom. The van der Waals surface area contributed by atoms with Crippen molar-refractivity contribution in [3.05, 3.63) is 70.8 Å². The molecule has 8 nitrogen and oxygen atoms in total. The summed E-state index contributed by atoms with van der Waals surface area (Å²) in [7, 11) is 2.82. The Hall–Kier alpha value is -3.65. The van der Waals surface area contributed by atoms with Gasteiger partial charge < -0.3 is 24.2 Å². The van der Waals surface area contributed by atoms with E-state index in [0.29, 0.717) is 29.0 Å². The second-order valence-electron chi connectivity index (χ2n) is 7.93. The minimum absolute atomic E-state index is 0.00557. The summed E-state index contributed by atoms with van der Waals surface area (Å²) < 4.78 is 15.6. The van der Waals surface area contributed by atoms with Gasteiger partial charge in [0.15, 0.2) is 0 Å². The number of aliphatic hydroxyl groups is 1. The number of benzene rings is 2. The summed E-state index contributed by atoms with van der Waals surface area (Å²) in [5, 5.41) is 11.1. The second-order valence-corrected chi connectivity index (χ2v) is 7.93. The van der Waals surface area contributed by atoms with Crippen LogP contribution in [-0.2, 0) is 19.1 Å². The first-order chi connectivity index (χ1) is 15.9. The number of likely N-dealkylation sites (tertiary alicyclic amines) is 1. The van der Waals surface area contributed by atoms with Crippen LogP contribution in [-0.4, -0.2) is 61.1 Å². The van der Waals surface area contributed by atoms with Crippen LogP contribution in [0.2, 0.25) is 0 Å². The lowest BCUT2D eigenvalue weighted by molar-refractivity contribution is -0.140. The summed E-state index contributed by atoms with van der Waals surface area (Å²) in [6.07, 6.45) is 1.50. The van der Waals surface area contributed by atoms with Gasteiger partial charge >= 0.3 is 5.97 Å². The van der Waals surface area contributed by atoms with Gasteiger partial charge in [-0.3, -0.25) is 9.59 Å². The molecule has 2 aliphatic rings. The van der Waals surface area contributed by atoms with Crippen LogP contribution >= 0.6 is 0 Å². The molecule has 2 heterocycles. The van der Waals surface area contributed by atoms with Crippen molar-refractivity contribution < 1.29 is 33.7 Å². The average molecular weight is 451 g/mol. The van der Waals surface area contributed by atoms with Crippen molar-refractivity contribution in [2.75, 3.05) is 27.4 Å². The van der Waals surface area contributed by atoms with Gasteiger partial charge in [-0.15, -0.1) is 0 Å². The lowest BCUT2D eigenvalue weighted by Crippen LogP contribution is -2.36. The zero-order chi connectivity index (χ0) is 23.5. The molecule has 2 aromatic carbocycles. The highest BCUT2D eigenvalue weighted by Crippen LogP contribution is 2.40. The van der Waals surface area contributed by atoms with Gasteiger partial charge in [0.05, 0.1) is 37.5 Å². The molecule has 0 bridgehead atoms. The standard InChI is InChI=1S/C25H25NO7/c1-31-18-11-9-16(10-12-18)22(27)20-21(15-5-7-17(8-6-15)25(30)32-2)26(24(29)23(20)28)14-19-4-3-13-33-19/h5-12,19,21,27H,3-4,13-14H2,1-2H3. The van der Waals surface area contributed by atoms with Gasteiger partial charge in [0.2, 0.25) is 0 Å². The molecule has 2 aliphatic heterocycles. The molecule has 2 atom stereocenters. The summed E-state index contributed by atoms with van der Waals surface area (Å²) in [4.78, 5) is 39.4. The maximum absolute atomic E-state index is 13.1. The van der Waals surface area contributed by atoms with Crippen molar-refractivity contribution >= 4 is 23.4 Å². The number of carbonyl (C=O) groups is 3. The molecule has 172 valence electrons. The Labute approximate surface area is 191 Å². The van der Waals surface area contributed by atoms with E-state index in [1.54, 1.807) is 48.5 Å². The Bertz CT molecular complexity index is 1080. The van der Waals surface area contributed by atoms with Gasteiger partial charge in [-0.2, -0.15) is 0 Å². The molecule has 0 saturated carbocycles. The van der Waals surface area contributed by atoms with Crippen LogP contribution in [0.3, 0.4) is 0 Å². The van der Waals surface area contributed by atoms with Crippen LogP contribution in [0.1, 0.15) is 40.4 Å². The van der Waals surface area contributed by atoms with Crippen molar-refractivity contribution in [3.63, 3.8) is 0 Å². The van der Waals surface area contributed by atoms with Crippen molar-refractivity contribution in [1.29, 1.82) is 0 Å². The van der Waals surface area contributed by atoms with E-state index in [9.17, 15) is 19.5 Å². The number of methoxy groups -OCH3 is 2. The normalized spacial score (nSPS) is 21.9. The molecular weight excluding hydrogens is 426 g/mol. The number of nitrogens with zero attached hydrogens (tertiary/aromatic N) is 1. The lowest BCUT2D eigenvalue weighted by atomic mass is 9.94. The van der Waals surface area contributed by atoms with Crippen LogP contribution in [0.25, 0.3) is 5.76 Å². The lowest BCUT2D eigenvalue weighted by Gasteiger charge is -2.27. The molecule has 0 aromatic heterocycles. The third-order valence-electron chi connectivity index (χ3n) is 5.98. The fraction of sp³-hybridized carbons (Fsp3) is 0.320. The van der Waals surface area contributed by atoms with Crippen LogP contribution in [0.15, 0.2) is 54.1 Å². The Kier molecular flexibility index (Phi) is 6.46. The number of aliphatic hydroxyl groups excluding tert-OH is 1. The maximum atomic E-state index is 13.1. The number of esters is 1. The molecule has 1 N–H and O–H groups in total. The molecule has 0 spiro atoms. The van der Waals surface area contributed by atoms with Crippen LogP contribution < -0.4 is 4.74 Å². The highest BCUT2D eigenvalue weighted by molar-refractivity contribution is 6.46. The largest absolute Gasteiger partial charge is 0.507 e. The molecule has 2 fully saturated rings. The number of rotatable bonds is 6. The molecule has 4 rings (SSSR count). The highest BCUT2D eigenvalue weighted by atomic mass is 16.5. The maximum Gasteiger partial charge on any atom is 0.337 e. The highest BCUT2D eigenvalue weighted by Gasteiger charge is 2.47. The SMILES string of the molecule is COC(=O)c1ccc(C2C(=C(O)c3ccc(OC)cc3)C(=O)C(=O)N2CC2CCCO2)cc1. The fourth-order valence-corrected chi connectivity index (χ4v) is 4.25. The fourth-order valence-electron chi connectivity index (χ4n) is 4.25. The van der Waals surface area contributed by atoms with Gasteiger partial charge in [0, 0.05) is 18.7 Å². The number of amides is 1. The number of carbonyl (C=O) groups excluding carboxylic acids is 3. The number of ether oxygens (including phenoxy) is 3. The van der Waals surface area contributed by atoms with E-state index in [1.807, 2.05) is 0 Å². The second kappa shape index (κ2) is 9.46. The quantitative estimate of drug-likeness (QED) is 0.312. The number of hydrogen-bond acceptors (Lipinski definition) is 7. The van der Waals surface area contributed by atoms with Crippen molar-refractivity contribution in [2.45, 2.75) is 25.0 Å². The summed E-state index contributed by atoms with van der Waals surface area (Å²) in [5.41, 5.74) is 1.32. The Balaban J connectivity index is 1.79. The van der Waals surface area contributed by atoms with E-state index in [2.05, 4.69) is 0 Å². The zero-order valence-corrected chi connectivity index (χ0v) is 18.4. The first kappa shape index (κ1) is 22.5. The Morgan fingerprint density at radius 1 is 1.06 bits per heavy atom. The molecule has 2 saturated heterocycles. The smallest absolute Gasteiger partial charge is 0.337 e. The minimum atomic E-state index is -0.817. The molecule has 33 heavy (non-hydrogen) atoms. The summed E-state index contributed by atoms with van der Waals surface area (Å²) in [5.74, 6) is -1.62. The topological polar surface area (TPSA) is 102 Å². The molecule has 0 aliphatic carbocycles. The third kappa shape index (κ3) is 4.34. The van der Waals surface area contributed by atoms with Gasteiger partial charge in [-0.05, 0) is 54.8 Å². The van der Waals surface area contributed by atoms with E-state index in [0.717, 1.165) is 12.8 Å². The van der Waals surface area contributed by atoms with E-state index in [4.69, 9.17) is 14.2 Å². The van der Waals surface area contributed by atoms with E-state index in [1.165, 1.54) is 19.1 Å². The predicted octanol–water partition coefficient (Wildman–Crippen LogP) is 3.08. The summed E-state index contributed by atoms with van der Waals surface area (Å²) in [6, 6.07) is 12.2. The van der Waals surface area contributed by atoms with Gasteiger partial charge in [0.25, 0.3) is 11.7 Å². The van der Waals surface area contributed by atoms with Gasteiger partial charge in [-0.1, -0.05) is 12.1 Å². The molecule has 0 radical (unpaired) electrons. The van der Waals surface area contributed by atoms with Crippen molar-refractivity contribution in [3.8, 4) is 5.75 Å². The molecule has 2 unspecified atom stereocenters. The first-order valence-electron chi connectivity index (χ1n) is 10.7. The zero-order valence-electron chi connectivity index (χ0n) is 18.4. The molecule has 2 aromatic rings. The van der Waals surface area contributed by atoms with Gasteiger partial charge in [-0.25, -0.2) is 4.79 Å². The van der Waals surface area contributed by atoms with E-state index < -0.39 is 23.7 Å². The molecular formula is C25H25NO7. The first-order valence-corrected chi connectivity index (χ1v) is 10.7. The summed E-state index contributed by atoms with van der Waals surface area (Å²) in [6.45, 7) is 0.840. The number of hydrogen-bond donors (Lipinski definition) is 1.